The Bertz CT molecular complexity index is 448. The number of aryl methyl sites for hydroxylation is 2. The van der Waals surface area contributed by atoms with Crippen molar-refractivity contribution >= 4 is 5.97 Å². The molecule has 1 N–H and O–H groups in total. The molecule has 0 aliphatic heterocycles. The van der Waals surface area contributed by atoms with E-state index < -0.39 is 5.97 Å². The van der Waals surface area contributed by atoms with E-state index in [0.29, 0.717) is 18.7 Å². The van der Waals surface area contributed by atoms with E-state index in [-0.39, 0.29) is 5.56 Å². The van der Waals surface area contributed by atoms with Crippen LogP contribution in [0.2, 0.25) is 0 Å². The molecule has 2 aromatic heterocycles. The van der Waals surface area contributed by atoms with Gasteiger partial charge < -0.3 is 9.63 Å². The standard InChI is InChI=1S/C8H8N4O3/c13-8(14)6-3-11-15-7(6)1-2-12-5-9-4-10-12/h3-5H,1-2H2,(H,13,14). The number of carbonyl (C=O) groups is 1. The van der Waals surface area contributed by atoms with Crippen LogP contribution in [-0.4, -0.2) is 31.0 Å². The molecule has 0 aromatic carbocycles. The third-order valence-corrected chi connectivity index (χ3v) is 1.91. The summed E-state index contributed by atoms with van der Waals surface area (Å²) in [6.45, 7) is 0.509. The predicted octanol–water partition coefficient (Wildman–Crippen LogP) is 0.207. The van der Waals surface area contributed by atoms with Crippen LogP contribution in [0, 0.1) is 0 Å². The van der Waals surface area contributed by atoms with E-state index in [4.69, 9.17) is 9.63 Å². The van der Waals surface area contributed by atoms with Gasteiger partial charge in [-0.1, -0.05) is 5.16 Å². The Morgan fingerprint density at radius 3 is 3.13 bits per heavy atom. The molecule has 0 spiro atoms. The van der Waals surface area contributed by atoms with Gasteiger partial charge in [0.05, 0.1) is 6.20 Å². The maximum atomic E-state index is 10.7. The highest BCUT2D eigenvalue weighted by atomic mass is 16.5. The Labute approximate surface area is 84.3 Å². The zero-order chi connectivity index (χ0) is 10.7. The molecule has 0 amide bonds. The monoisotopic (exact) mass is 208 g/mol. The summed E-state index contributed by atoms with van der Waals surface area (Å²) in [7, 11) is 0. The summed E-state index contributed by atoms with van der Waals surface area (Å²) in [5.41, 5.74) is 0.0927. The fourth-order valence-electron chi connectivity index (χ4n) is 1.18. The van der Waals surface area contributed by atoms with Gasteiger partial charge in [-0.25, -0.2) is 9.78 Å². The SMILES string of the molecule is O=C(O)c1cnoc1CCn1cncn1. The third kappa shape index (κ3) is 2.01. The summed E-state index contributed by atoms with van der Waals surface area (Å²) >= 11 is 0. The summed E-state index contributed by atoms with van der Waals surface area (Å²) in [4.78, 5) is 14.5. The first-order valence-corrected chi connectivity index (χ1v) is 4.26. The summed E-state index contributed by atoms with van der Waals surface area (Å²) in [5.74, 6) is -0.692. The van der Waals surface area contributed by atoms with Crippen LogP contribution in [0.3, 0.4) is 0 Å². The van der Waals surface area contributed by atoms with Crippen LogP contribution >= 0.6 is 0 Å². The Kier molecular flexibility index (Phi) is 2.44. The summed E-state index contributed by atoms with van der Waals surface area (Å²) in [5, 5.41) is 16.1. The molecule has 0 fully saturated rings. The molecule has 0 unspecified atom stereocenters. The second-order valence-corrected chi connectivity index (χ2v) is 2.88. The van der Waals surface area contributed by atoms with Gasteiger partial charge in [0.15, 0.2) is 5.76 Å². The van der Waals surface area contributed by atoms with Crippen LogP contribution in [0.5, 0.6) is 0 Å². The zero-order valence-corrected chi connectivity index (χ0v) is 7.70. The minimum atomic E-state index is -1.04. The lowest BCUT2D eigenvalue weighted by Gasteiger charge is -1.97. The van der Waals surface area contributed by atoms with Gasteiger partial charge in [-0.15, -0.1) is 0 Å². The number of carboxylic acid groups (broad SMARTS) is 1. The molecule has 0 aliphatic rings. The van der Waals surface area contributed by atoms with Crippen LogP contribution in [0.15, 0.2) is 23.4 Å². The first kappa shape index (κ1) is 9.38. The fraction of sp³-hybridized carbons (Fsp3) is 0.250. The molecule has 7 nitrogen and oxygen atoms in total. The molecule has 2 rings (SSSR count). The van der Waals surface area contributed by atoms with E-state index in [0.717, 1.165) is 0 Å². The van der Waals surface area contributed by atoms with Crippen LogP contribution in [0.1, 0.15) is 16.1 Å². The van der Waals surface area contributed by atoms with Crippen molar-refractivity contribution < 1.29 is 14.4 Å². The maximum Gasteiger partial charge on any atom is 0.340 e. The number of nitrogens with zero attached hydrogens (tertiary/aromatic N) is 4. The quantitative estimate of drug-likeness (QED) is 0.771. The van der Waals surface area contributed by atoms with Crippen LogP contribution < -0.4 is 0 Å². The van der Waals surface area contributed by atoms with Gasteiger partial charge >= 0.3 is 5.97 Å². The predicted molar refractivity (Wildman–Crippen MR) is 47.2 cm³/mol. The van der Waals surface area contributed by atoms with Crippen molar-refractivity contribution in [1.29, 1.82) is 0 Å². The average Bonchev–Trinajstić information content (AvgIpc) is 2.86. The van der Waals surface area contributed by atoms with E-state index in [2.05, 4.69) is 15.2 Å². The van der Waals surface area contributed by atoms with Gasteiger partial charge in [-0.2, -0.15) is 5.10 Å². The molecule has 7 heteroatoms. The highest BCUT2D eigenvalue weighted by Crippen LogP contribution is 2.09. The van der Waals surface area contributed by atoms with Gasteiger partial charge in [0.1, 0.15) is 18.2 Å². The lowest BCUT2D eigenvalue weighted by molar-refractivity contribution is 0.0694. The minimum Gasteiger partial charge on any atom is -0.478 e. The van der Waals surface area contributed by atoms with E-state index in [1.54, 1.807) is 11.0 Å². The van der Waals surface area contributed by atoms with Crippen molar-refractivity contribution in [2.24, 2.45) is 0 Å². The Balaban J connectivity index is 2.05. The van der Waals surface area contributed by atoms with E-state index in [9.17, 15) is 4.79 Å². The van der Waals surface area contributed by atoms with Crippen molar-refractivity contribution in [2.45, 2.75) is 13.0 Å². The van der Waals surface area contributed by atoms with Crippen molar-refractivity contribution in [2.75, 3.05) is 0 Å². The number of hydrogen-bond acceptors (Lipinski definition) is 5. The molecule has 0 saturated carbocycles. The highest BCUT2D eigenvalue weighted by Gasteiger charge is 2.14. The summed E-state index contributed by atoms with van der Waals surface area (Å²) < 4.78 is 6.42. The molecule has 0 radical (unpaired) electrons. The van der Waals surface area contributed by atoms with E-state index >= 15 is 0 Å². The number of carboxylic acids is 1. The van der Waals surface area contributed by atoms with Crippen molar-refractivity contribution in [3.63, 3.8) is 0 Å². The molecule has 2 aromatic rings. The molecule has 0 bridgehead atoms. The largest absolute Gasteiger partial charge is 0.478 e. The molecule has 0 atom stereocenters. The van der Waals surface area contributed by atoms with Gasteiger partial charge in [0.2, 0.25) is 0 Å². The third-order valence-electron chi connectivity index (χ3n) is 1.91. The Morgan fingerprint density at radius 1 is 1.60 bits per heavy atom. The van der Waals surface area contributed by atoms with Crippen LogP contribution in [0.25, 0.3) is 0 Å². The maximum absolute atomic E-state index is 10.7. The fourth-order valence-corrected chi connectivity index (χ4v) is 1.18. The van der Waals surface area contributed by atoms with Crippen molar-refractivity contribution in [3.8, 4) is 0 Å². The number of rotatable bonds is 4. The number of aromatic nitrogens is 4. The smallest absolute Gasteiger partial charge is 0.340 e. The van der Waals surface area contributed by atoms with Gasteiger partial charge in [0.25, 0.3) is 0 Å². The van der Waals surface area contributed by atoms with Gasteiger partial charge in [-0.05, 0) is 0 Å². The van der Waals surface area contributed by atoms with Crippen molar-refractivity contribution in [3.05, 3.63) is 30.2 Å². The summed E-state index contributed by atoms with van der Waals surface area (Å²) in [6, 6.07) is 0. The zero-order valence-electron chi connectivity index (χ0n) is 7.70. The number of aromatic carboxylic acids is 1. The number of hydrogen-bond donors (Lipinski definition) is 1. The lowest BCUT2D eigenvalue weighted by Crippen LogP contribution is -2.05. The molecule has 78 valence electrons. The normalized spacial score (nSPS) is 10.4. The Morgan fingerprint density at radius 2 is 2.47 bits per heavy atom. The first-order valence-electron chi connectivity index (χ1n) is 4.26. The van der Waals surface area contributed by atoms with Crippen LogP contribution in [-0.2, 0) is 13.0 Å². The van der Waals surface area contributed by atoms with Crippen LogP contribution in [0.4, 0.5) is 0 Å². The van der Waals surface area contributed by atoms with Crippen molar-refractivity contribution in [1.82, 2.24) is 19.9 Å². The molecule has 2 heterocycles. The molecule has 0 aliphatic carbocycles. The van der Waals surface area contributed by atoms with Gasteiger partial charge in [-0.3, -0.25) is 4.68 Å². The molecule has 0 saturated heterocycles. The molecular formula is C8H8N4O3. The van der Waals surface area contributed by atoms with Gasteiger partial charge in [0, 0.05) is 13.0 Å². The average molecular weight is 208 g/mol. The molecular weight excluding hydrogens is 200 g/mol. The minimum absolute atomic E-state index is 0.0927. The lowest BCUT2D eigenvalue weighted by atomic mass is 10.2. The Hall–Kier alpha value is -2.18. The topological polar surface area (TPSA) is 94.0 Å². The molecule has 15 heavy (non-hydrogen) atoms. The highest BCUT2D eigenvalue weighted by molar-refractivity contribution is 5.88. The first-order chi connectivity index (χ1) is 7.27. The summed E-state index contributed by atoms with van der Waals surface area (Å²) in [6.07, 6.45) is 4.58. The second-order valence-electron chi connectivity index (χ2n) is 2.88. The second kappa shape index (κ2) is 3.91. The van der Waals surface area contributed by atoms with E-state index in [1.165, 1.54) is 12.5 Å². The van der Waals surface area contributed by atoms with E-state index in [1.807, 2.05) is 0 Å².